The van der Waals surface area contributed by atoms with Crippen LogP contribution in [0.5, 0.6) is 0 Å². The molecule has 0 spiro atoms. The lowest BCUT2D eigenvalue weighted by Crippen LogP contribution is -2.45. The molecule has 2 aromatic heterocycles. The van der Waals surface area contributed by atoms with Crippen LogP contribution in [0.4, 0.5) is 5.82 Å². The molecule has 26 heavy (non-hydrogen) atoms. The van der Waals surface area contributed by atoms with Crippen LogP contribution in [-0.4, -0.2) is 57.4 Å². The monoisotopic (exact) mass is 354 g/mol. The average molecular weight is 355 g/mol. The molecule has 0 aromatic carbocycles. The molecule has 140 valence electrons. The van der Waals surface area contributed by atoms with E-state index in [4.69, 9.17) is 9.97 Å². The van der Waals surface area contributed by atoms with Gasteiger partial charge in [-0.2, -0.15) is 5.10 Å². The molecule has 3 heterocycles. The van der Waals surface area contributed by atoms with Gasteiger partial charge >= 0.3 is 0 Å². The summed E-state index contributed by atoms with van der Waals surface area (Å²) < 4.78 is 2.02. The molecule has 1 aliphatic carbocycles. The average Bonchev–Trinajstić information content (AvgIpc) is 3.19. The van der Waals surface area contributed by atoms with Gasteiger partial charge in [0.1, 0.15) is 11.6 Å². The maximum atomic E-state index is 4.84. The topological polar surface area (TPSA) is 50.1 Å². The third-order valence-electron chi connectivity index (χ3n) is 5.92. The van der Waals surface area contributed by atoms with Crippen molar-refractivity contribution in [1.29, 1.82) is 0 Å². The van der Waals surface area contributed by atoms with Crippen molar-refractivity contribution in [1.82, 2.24) is 24.6 Å². The zero-order valence-corrected chi connectivity index (χ0v) is 16.1. The highest BCUT2D eigenvalue weighted by atomic mass is 15.3. The SMILES string of the molecule is Cc1nc2c(c(N(C)C3CCN(CCn4cccn4)CC3)n1)CCCC2. The van der Waals surface area contributed by atoms with Crippen LogP contribution < -0.4 is 4.90 Å². The highest BCUT2D eigenvalue weighted by molar-refractivity contribution is 5.50. The van der Waals surface area contributed by atoms with Gasteiger partial charge in [0.15, 0.2) is 0 Å². The second-order valence-corrected chi connectivity index (χ2v) is 7.68. The first-order valence-corrected chi connectivity index (χ1v) is 10.00. The molecule has 1 aliphatic heterocycles. The Balaban J connectivity index is 1.38. The molecule has 2 aromatic rings. The second kappa shape index (κ2) is 7.74. The maximum absolute atomic E-state index is 4.84. The molecule has 0 bridgehead atoms. The van der Waals surface area contributed by atoms with Crippen LogP contribution in [0.15, 0.2) is 18.5 Å². The second-order valence-electron chi connectivity index (χ2n) is 7.68. The molecule has 6 nitrogen and oxygen atoms in total. The molecular formula is C20H30N6. The van der Waals surface area contributed by atoms with Crippen molar-refractivity contribution in [3.63, 3.8) is 0 Å². The smallest absolute Gasteiger partial charge is 0.135 e. The van der Waals surface area contributed by atoms with E-state index < -0.39 is 0 Å². The first-order valence-electron chi connectivity index (χ1n) is 10.00. The maximum Gasteiger partial charge on any atom is 0.135 e. The minimum Gasteiger partial charge on any atom is -0.356 e. The number of anilines is 1. The predicted octanol–water partition coefficient (Wildman–Crippen LogP) is 2.46. The van der Waals surface area contributed by atoms with Crippen LogP contribution in [0.3, 0.4) is 0 Å². The van der Waals surface area contributed by atoms with Gasteiger partial charge in [0, 0.05) is 56.4 Å². The van der Waals surface area contributed by atoms with Crippen molar-refractivity contribution in [2.45, 2.75) is 58.0 Å². The van der Waals surface area contributed by atoms with E-state index >= 15 is 0 Å². The fraction of sp³-hybridized carbons (Fsp3) is 0.650. The summed E-state index contributed by atoms with van der Waals surface area (Å²) in [5, 5.41) is 4.30. The van der Waals surface area contributed by atoms with Crippen LogP contribution in [0.25, 0.3) is 0 Å². The first-order chi connectivity index (χ1) is 12.7. The highest BCUT2D eigenvalue weighted by Crippen LogP contribution is 2.30. The van der Waals surface area contributed by atoms with Gasteiger partial charge in [-0.05, 0) is 51.5 Å². The standard InChI is InChI=1S/C20H30N6/c1-16-22-19-7-4-3-6-18(19)20(23-16)24(2)17-8-12-25(13-9-17)14-15-26-11-5-10-21-26/h5,10-11,17H,3-4,6-9,12-15H2,1-2H3. The molecule has 2 aliphatic rings. The number of hydrogen-bond acceptors (Lipinski definition) is 5. The minimum absolute atomic E-state index is 0.580. The molecule has 4 rings (SSSR count). The van der Waals surface area contributed by atoms with Gasteiger partial charge in [0.05, 0.1) is 6.54 Å². The molecule has 1 fully saturated rings. The Morgan fingerprint density at radius 1 is 1.12 bits per heavy atom. The summed E-state index contributed by atoms with van der Waals surface area (Å²) in [6.45, 7) is 6.40. The Hall–Kier alpha value is -1.95. The largest absolute Gasteiger partial charge is 0.356 e. The third-order valence-corrected chi connectivity index (χ3v) is 5.92. The van der Waals surface area contributed by atoms with Crippen molar-refractivity contribution in [3.05, 3.63) is 35.5 Å². The van der Waals surface area contributed by atoms with Gasteiger partial charge in [-0.25, -0.2) is 9.97 Å². The summed E-state index contributed by atoms with van der Waals surface area (Å²) in [4.78, 5) is 14.6. The normalized spacial score (nSPS) is 18.7. The summed E-state index contributed by atoms with van der Waals surface area (Å²) in [5.74, 6) is 2.12. The van der Waals surface area contributed by atoms with Crippen molar-refractivity contribution in [2.24, 2.45) is 0 Å². The van der Waals surface area contributed by atoms with E-state index in [0.29, 0.717) is 6.04 Å². The Morgan fingerprint density at radius 3 is 2.69 bits per heavy atom. The number of nitrogens with zero attached hydrogens (tertiary/aromatic N) is 6. The molecule has 0 saturated carbocycles. The number of likely N-dealkylation sites (tertiary alicyclic amines) is 1. The van der Waals surface area contributed by atoms with Crippen LogP contribution >= 0.6 is 0 Å². The van der Waals surface area contributed by atoms with Crippen molar-refractivity contribution in [3.8, 4) is 0 Å². The summed E-state index contributed by atoms with van der Waals surface area (Å²) in [5.41, 5.74) is 2.70. The molecule has 0 radical (unpaired) electrons. The minimum atomic E-state index is 0.580. The lowest BCUT2D eigenvalue weighted by Gasteiger charge is -2.38. The molecule has 0 N–H and O–H groups in total. The van der Waals surface area contributed by atoms with Crippen molar-refractivity contribution in [2.75, 3.05) is 31.6 Å². The number of piperidine rings is 1. The zero-order valence-electron chi connectivity index (χ0n) is 16.1. The number of rotatable bonds is 5. The fourth-order valence-electron chi connectivity index (χ4n) is 4.37. The van der Waals surface area contributed by atoms with Crippen LogP contribution in [-0.2, 0) is 19.4 Å². The Morgan fingerprint density at radius 2 is 1.92 bits per heavy atom. The van der Waals surface area contributed by atoms with E-state index in [9.17, 15) is 0 Å². The van der Waals surface area contributed by atoms with E-state index in [1.54, 1.807) is 0 Å². The molecule has 6 heteroatoms. The number of aryl methyl sites for hydroxylation is 2. The van der Waals surface area contributed by atoms with Gasteiger partial charge < -0.3 is 9.80 Å². The number of fused-ring (bicyclic) bond motifs is 1. The molecular weight excluding hydrogens is 324 g/mol. The number of aromatic nitrogens is 4. The van der Waals surface area contributed by atoms with Crippen molar-refractivity contribution < 1.29 is 0 Å². The van der Waals surface area contributed by atoms with Crippen LogP contribution in [0.1, 0.15) is 42.8 Å². The fourth-order valence-corrected chi connectivity index (χ4v) is 4.37. The lowest BCUT2D eigenvalue weighted by atomic mass is 9.95. The Labute approximate surface area is 156 Å². The Kier molecular flexibility index (Phi) is 5.20. The van der Waals surface area contributed by atoms with Gasteiger partial charge in [-0.15, -0.1) is 0 Å². The molecule has 0 atom stereocenters. The zero-order chi connectivity index (χ0) is 17.9. The predicted molar refractivity (Wildman–Crippen MR) is 104 cm³/mol. The van der Waals surface area contributed by atoms with Gasteiger partial charge in [0.2, 0.25) is 0 Å². The highest BCUT2D eigenvalue weighted by Gasteiger charge is 2.26. The van der Waals surface area contributed by atoms with E-state index in [1.165, 1.54) is 42.8 Å². The van der Waals surface area contributed by atoms with Crippen LogP contribution in [0.2, 0.25) is 0 Å². The lowest BCUT2D eigenvalue weighted by molar-refractivity contribution is 0.201. The number of hydrogen-bond donors (Lipinski definition) is 0. The first kappa shape index (κ1) is 17.5. The summed E-state index contributed by atoms with van der Waals surface area (Å²) in [6, 6.07) is 2.57. The van der Waals surface area contributed by atoms with Gasteiger partial charge in [-0.3, -0.25) is 4.68 Å². The Bertz CT molecular complexity index is 718. The molecule has 0 unspecified atom stereocenters. The van der Waals surface area contributed by atoms with E-state index in [1.807, 2.05) is 30.1 Å². The van der Waals surface area contributed by atoms with E-state index in [-0.39, 0.29) is 0 Å². The molecule has 1 saturated heterocycles. The van der Waals surface area contributed by atoms with Gasteiger partial charge in [0.25, 0.3) is 0 Å². The summed E-state index contributed by atoms with van der Waals surface area (Å²) >= 11 is 0. The van der Waals surface area contributed by atoms with Gasteiger partial charge in [-0.1, -0.05) is 0 Å². The van der Waals surface area contributed by atoms with Crippen molar-refractivity contribution >= 4 is 5.82 Å². The third kappa shape index (κ3) is 3.75. The van der Waals surface area contributed by atoms with Crippen LogP contribution in [0, 0.1) is 6.92 Å². The quantitative estimate of drug-likeness (QED) is 0.825. The van der Waals surface area contributed by atoms with E-state index in [0.717, 1.165) is 44.8 Å². The van der Waals surface area contributed by atoms with E-state index in [2.05, 4.69) is 21.9 Å². The molecule has 0 amide bonds. The summed E-state index contributed by atoms with van der Waals surface area (Å²) in [7, 11) is 2.24. The summed E-state index contributed by atoms with van der Waals surface area (Å²) in [6.07, 6.45) is 11.1.